The van der Waals surface area contributed by atoms with Crippen molar-refractivity contribution in [2.75, 3.05) is 0 Å². The van der Waals surface area contributed by atoms with Crippen molar-refractivity contribution in [3.63, 3.8) is 0 Å². The Morgan fingerprint density at radius 1 is 0.268 bits per heavy atom. The highest BCUT2D eigenvalue weighted by Crippen LogP contribution is 2.36. The van der Waals surface area contributed by atoms with Gasteiger partial charge in [0.05, 0.1) is 5.52 Å². The molecule has 0 aliphatic rings. The number of hydrogen-bond acceptors (Lipinski definition) is 4. The quantitative estimate of drug-likeness (QED) is 0.154. The predicted molar refractivity (Wildman–Crippen MR) is 231 cm³/mol. The fourth-order valence-electron chi connectivity index (χ4n) is 7.51. The minimum atomic E-state index is 0.631. The lowest BCUT2D eigenvalue weighted by molar-refractivity contribution is 1.07. The highest BCUT2D eigenvalue weighted by molar-refractivity contribution is 6.12. The lowest BCUT2D eigenvalue weighted by Gasteiger charge is -2.12. The minimum absolute atomic E-state index is 0.631. The molecule has 0 fully saturated rings. The molecule has 0 radical (unpaired) electrons. The Morgan fingerprint density at radius 2 is 0.696 bits per heavy atom. The van der Waals surface area contributed by atoms with Gasteiger partial charge in [0.1, 0.15) is 0 Å². The number of aromatic nitrogens is 4. The van der Waals surface area contributed by atoms with Crippen molar-refractivity contribution in [2.24, 2.45) is 0 Å². The molecule has 0 N–H and O–H groups in total. The summed E-state index contributed by atoms with van der Waals surface area (Å²) in [4.78, 5) is 19.7. The number of nitrogens with zero attached hydrogens (tertiary/aromatic N) is 4. The number of hydrogen-bond donors (Lipinski definition) is 0. The molecule has 0 aliphatic carbocycles. The third-order valence-electron chi connectivity index (χ3n) is 10.4. The molecule has 262 valence electrons. The second-order valence-corrected chi connectivity index (χ2v) is 13.9. The Morgan fingerprint density at radius 3 is 1.36 bits per heavy atom. The van der Waals surface area contributed by atoms with Gasteiger partial charge in [0.2, 0.25) is 0 Å². The van der Waals surface area contributed by atoms with Gasteiger partial charge in [0.25, 0.3) is 0 Å². The molecule has 0 bridgehead atoms. The molecule has 4 heteroatoms. The van der Waals surface area contributed by atoms with Gasteiger partial charge in [0, 0.05) is 33.7 Å². The number of fused-ring (bicyclic) bond motifs is 3. The van der Waals surface area contributed by atoms with Crippen LogP contribution in [0.4, 0.5) is 0 Å². The smallest absolute Gasteiger partial charge is 0.164 e. The zero-order valence-electron chi connectivity index (χ0n) is 30.4. The molecule has 0 saturated carbocycles. The van der Waals surface area contributed by atoms with Crippen LogP contribution in [0.5, 0.6) is 0 Å². The summed E-state index contributed by atoms with van der Waals surface area (Å²) in [6.45, 7) is 0. The standard InChI is InChI=1S/C52H34N4/c1-3-12-35(13-4-1)36-25-29-40(30-26-36)51-54-50(39-14-5-2-6-15-39)55-52(56-51)45-19-10-18-43(33-45)42-17-9-16-41(32-42)37-23-27-38(28-24-37)48-34-44-20-11-31-53-49(44)47-22-8-7-21-46(47)48/h1-34H. The molecule has 4 nitrogen and oxygen atoms in total. The number of rotatable bonds is 7. The van der Waals surface area contributed by atoms with Crippen LogP contribution in [-0.4, -0.2) is 19.9 Å². The molecule has 0 spiro atoms. The number of pyridine rings is 1. The van der Waals surface area contributed by atoms with E-state index in [1.165, 1.54) is 27.5 Å². The molecule has 0 aliphatic heterocycles. The zero-order valence-corrected chi connectivity index (χ0v) is 30.4. The predicted octanol–water partition coefficient (Wildman–Crippen LogP) is 13.2. The first kappa shape index (κ1) is 33.0. The summed E-state index contributed by atoms with van der Waals surface area (Å²) in [5, 5.41) is 3.51. The first-order valence-corrected chi connectivity index (χ1v) is 18.8. The Bertz CT molecular complexity index is 2990. The van der Waals surface area contributed by atoms with Crippen LogP contribution in [0.15, 0.2) is 206 Å². The SMILES string of the molecule is c1ccc(-c2ccc(-c3nc(-c4ccccc4)nc(-c4cccc(-c5cccc(-c6ccc(-c7cc8cccnc8c8ccccc78)cc6)c5)c4)n3)cc2)cc1. The van der Waals surface area contributed by atoms with Crippen LogP contribution < -0.4 is 0 Å². The minimum Gasteiger partial charge on any atom is -0.256 e. The van der Waals surface area contributed by atoms with Crippen LogP contribution in [0, 0.1) is 0 Å². The van der Waals surface area contributed by atoms with E-state index in [-0.39, 0.29) is 0 Å². The molecule has 2 aromatic heterocycles. The van der Waals surface area contributed by atoms with E-state index < -0.39 is 0 Å². The van der Waals surface area contributed by atoms with Gasteiger partial charge in [-0.3, -0.25) is 4.98 Å². The molecule has 10 aromatic rings. The molecular weight excluding hydrogens is 681 g/mol. The topological polar surface area (TPSA) is 51.6 Å². The summed E-state index contributed by atoms with van der Waals surface area (Å²) >= 11 is 0. The summed E-state index contributed by atoms with van der Waals surface area (Å²) in [6.07, 6.45) is 1.87. The van der Waals surface area contributed by atoms with E-state index >= 15 is 0 Å². The average molecular weight is 715 g/mol. The van der Waals surface area contributed by atoms with Crippen molar-refractivity contribution < 1.29 is 0 Å². The lowest BCUT2D eigenvalue weighted by atomic mass is 9.93. The molecule has 56 heavy (non-hydrogen) atoms. The van der Waals surface area contributed by atoms with Crippen LogP contribution in [0.25, 0.3) is 100 Å². The van der Waals surface area contributed by atoms with E-state index in [0.29, 0.717) is 17.5 Å². The summed E-state index contributed by atoms with van der Waals surface area (Å²) in [7, 11) is 0. The van der Waals surface area contributed by atoms with Crippen LogP contribution in [-0.2, 0) is 0 Å². The van der Waals surface area contributed by atoms with Crippen LogP contribution in [0.2, 0.25) is 0 Å². The van der Waals surface area contributed by atoms with Gasteiger partial charge < -0.3 is 0 Å². The lowest BCUT2D eigenvalue weighted by Crippen LogP contribution is -2.00. The third-order valence-corrected chi connectivity index (χ3v) is 10.4. The maximum atomic E-state index is 5.04. The Kier molecular flexibility index (Phi) is 8.47. The summed E-state index contributed by atoms with van der Waals surface area (Å²) in [5.74, 6) is 1.91. The normalized spacial score (nSPS) is 11.2. The van der Waals surface area contributed by atoms with Gasteiger partial charge in [-0.25, -0.2) is 15.0 Å². The fraction of sp³-hybridized carbons (Fsp3) is 0. The van der Waals surface area contributed by atoms with Gasteiger partial charge in [-0.05, 0) is 74.2 Å². The van der Waals surface area contributed by atoms with Gasteiger partial charge >= 0.3 is 0 Å². The summed E-state index contributed by atoms with van der Waals surface area (Å²) in [6, 6.07) is 69.9. The molecule has 10 rings (SSSR count). The van der Waals surface area contributed by atoms with Crippen LogP contribution in [0.1, 0.15) is 0 Å². The Hall–Kier alpha value is -7.56. The van der Waals surface area contributed by atoms with Gasteiger partial charge in [-0.1, -0.05) is 176 Å². The van der Waals surface area contributed by atoms with Crippen molar-refractivity contribution in [3.05, 3.63) is 206 Å². The van der Waals surface area contributed by atoms with Crippen molar-refractivity contribution in [2.45, 2.75) is 0 Å². The highest BCUT2D eigenvalue weighted by Gasteiger charge is 2.14. The van der Waals surface area contributed by atoms with E-state index in [9.17, 15) is 0 Å². The van der Waals surface area contributed by atoms with Crippen molar-refractivity contribution in [3.8, 4) is 78.7 Å². The van der Waals surface area contributed by atoms with E-state index in [1.54, 1.807) is 0 Å². The molecule has 8 aromatic carbocycles. The summed E-state index contributed by atoms with van der Waals surface area (Å²) < 4.78 is 0. The van der Waals surface area contributed by atoms with Gasteiger partial charge in [0.15, 0.2) is 17.5 Å². The van der Waals surface area contributed by atoms with Crippen molar-refractivity contribution >= 4 is 21.7 Å². The molecular formula is C52H34N4. The highest BCUT2D eigenvalue weighted by atomic mass is 15.0. The van der Waals surface area contributed by atoms with Crippen molar-refractivity contribution in [1.29, 1.82) is 0 Å². The van der Waals surface area contributed by atoms with Crippen molar-refractivity contribution in [1.82, 2.24) is 19.9 Å². The molecule has 0 unspecified atom stereocenters. The van der Waals surface area contributed by atoms with E-state index in [2.05, 4.69) is 163 Å². The van der Waals surface area contributed by atoms with E-state index in [4.69, 9.17) is 15.0 Å². The molecule has 0 atom stereocenters. The van der Waals surface area contributed by atoms with Crippen LogP contribution >= 0.6 is 0 Å². The van der Waals surface area contributed by atoms with E-state index in [1.807, 2.05) is 48.7 Å². The number of benzene rings is 8. The first-order chi connectivity index (χ1) is 27.7. The van der Waals surface area contributed by atoms with Gasteiger partial charge in [-0.2, -0.15) is 0 Å². The molecule has 2 heterocycles. The maximum Gasteiger partial charge on any atom is 0.164 e. The Balaban J connectivity index is 0.984. The second kappa shape index (κ2) is 14.3. The van der Waals surface area contributed by atoms with E-state index in [0.717, 1.165) is 55.4 Å². The first-order valence-electron chi connectivity index (χ1n) is 18.8. The monoisotopic (exact) mass is 714 g/mol. The third kappa shape index (κ3) is 6.40. The molecule has 0 saturated heterocycles. The molecule has 0 amide bonds. The second-order valence-electron chi connectivity index (χ2n) is 13.9. The fourth-order valence-corrected chi connectivity index (χ4v) is 7.51. The maximum absolute atomic E-state index is 5.04. The Labute approximate surface area is 325 Å². The van der Waals surface area contributed by atoms with Crippen LogP contribution in [0.3, 0.4) is 0 Å². The van der Waals surface area contributed by atoms with Gasteiger partial charge in [-0.15, -0.1) is 0 Å². The zero-order chi connectivity index (χ0) is 37.3. The average Bonchev–Trinajstić information content (AvgIpc) is 3.29. The summed E-state index contributed by atoms with van der Waals surface area (Å²) in [5.41, 5.74) is 13.1. The largest absolute Gasteiger partial charge is 0.256 e.